The molecule has 0 fully saturated rings. The molecule has 0 heterocycles. The molecule has 0 aliphatic heterocycles. The van der Waals surface area contributed by atoms with E-state index < -0.39 is 8.32 Å². The SMILES string of the molecule is CC(C)(C)[Si](C)(C)OCc1ccc(N)cc1NC(=O)Cc1ccccc1. The quantitative estimate of drug-likeness (QED) is 0.557. The Balaban J connectivity index is 2.11. The number of nitrogens with one attached hydrogen (secondary N) is 1. The van der Waals surface area contributed by atoms with E-state index in [2.05, 4.69) is 39.2 Å². The van der Waals surface area contributed by atoms with Crippen molar-refractivity contribution in [2.45, 2.75) is 51.9 Å². The van der Waals surface area contributed by atoms with Crippen LogP contribution in [0.15, 0.2) is 48.5 Å². The van der Waals surface area contributed by atoms with Crippen molar-refractivity contribution in [3.63, 3.8) is 0 Å². The van der Waals surface area contributed by atoms with Crippen LogP contribution in [0.5, 0.6) is 0 Å². The Labute approximate surface area is 157 Å². The number of carbonyl (C=O) groups is 1. The van der Waals surface area contributed by atoms with Crippen LogP contribution in [0.25, 0.3) is 0 Å². The van der Waals surface area contributed by atoms with E-state index in [0.717, 1.165) is 16.8 Å². The minimum Gasteiger partial charge on any atom is -0.412 e. The van der Waals surface area contributed by atoms with Crippen LogP contribution in [0.1, 0.15) is 31.9 Å². The van der Waals surface area contributed by atoms with Crippen LogP contribution in [0.4, 0.5) is 11.4 Å². The minimum atomic E-state index is -1.87. The number of hydrogen-bond acceptors (Lipinski definition) is 3. The average molecular weight is 371 g/mol. The summed E-state index contributed by atoms with van der Waals surface area (Å²) in [5, 5.41) is 3.13. The number of rotatable bonds is 6. The van der Waals surface area contributed by atoms with E-state index in [1.807, 2.05) is 42.5 Å². The maximum absolute atomic E-state index is 12.4. The molecule has 0 aromatic heterocycles. The van der Waals surface area contributed by atoms with Crippen molar-refractivity contribution in [1.82, 2.24) is 0 Å². The first-order valence-electron chi connectivity index (χ1n) is 8.94. The van der Waals surface area contributed by atoms with Gasteiger partial charge in [0.05, 0.1) is 13.0 Å². The van der Waals surface area contributed by atoms with Crippen molar-refractivity contribution < 1.29 is 9.22 Å². The Bertz CT molecular complexity index is 752. The zero-order valence-corrected chi connectivity index (χ0v) is 17.4. The molecule has 0 unspecified atom stereocenters. The van der Waals surface area contributed by atoms with E-state index in [-0.39, 0.29) is 10.9 Å². The number of hydrogen-bond donors (Lipinski definition) is 2. The Kier molecular flexibility index (Phi) is 6.26. The second kappa shape index (κ2) is 8.06. The molecular weight excluding hydrogens is 340 g/mol. The molecule has 0 saturated carbocycles. The number of amides is 1. The van der Waals surface area contributed by atoms with Gasteiger partial charge in [-0.2, -0.15) is 0 Å². The summed E-state index contributed by atoms with van der Waals surface area (Å²) in [6.07, 6.45) is 0.332. The van der Waals surface area contributed by atoms with Gasteiger partial charge < -0.3 is 15.5 Å². The van der Waals surface area contributed by atoms with E-state index in [9.17, 15) is 4.79 Å². The summed E-state index contributed by atoms with van der Waals surface area (Å²) in [4.78, 5) is 12.4. The first kappa shape index (κ1) is 20.2. The lowest BCUT2D eigenvalue weighted by Gasteiger charge is -2.36. The van der Waals surface area contributed by atoms with Crippen molar-refractivity contribution in [2.75, 3.05) is 11.1 Å². The van der Waals surface area contributed by atoms with E-state index in [1.54, 1.807) is 6.07 Å². The molecule has 4 nitrogen and oxygen atoms in total. The maximum Gasteiger partial charge on any atom is 0.228 e. The predicted octanol–water partition coefficient (Wildman–Crippen LogP) is 4.97. The standard InChI is InChI=1S/C21H30N2O2Si/c1-21(2,3)26(4,5)25-15-17-11-12-18(22)14-19(17)23-20(24)13-16-9-7-6-8-10-16/h6-12,14H,13,15,22H2,1-5H3,(H,23,24). The Morgan fingerprint density at radius 2 is 1.77 bits per heavy atom. The molecule has 2 aromatic carbocycles. The molecule has 2 rings (SSSR count). The van der Waals surface area contributed by atoms with Gasteiger partial charge in [0.2, 0.25) is 5.91 Å². The smallest absolute Gasteiger partial charge is 0.228 e. The van der Waals surface area contributed by atoms with Gasteiger partial charge in [-0.05, 0) is 35.8 Å². The molecule has 1 amide bonds. The molecular formula is C21H30N2O2Si. The van der Waals surface area contributed by atoms with Crippen LogP contribution >= 0.6 is 0 Å². The van der Waals surface area contributed by atoms with Crippen molar-refractivity contribution in [1.29, 1.82) is 0 Å². The summed E-state index contributed by atoms with van der Waals surface area (Å²) < 4.78 is 6.31. The summed E-state index contributed by atoms with van der Waals surface area (Å²) in [6, 6.07) is 15.3. The lowest BCUT2D eigenvalue weighted by Crippen LogP contribution is -2.40. The first-order chi connectivity index (χ1) is 12.1. The Hall–Kier alpha value is -2.11. The van der Waals surface area contributed by atoms with E-state index in [4.69, 9.17) is 10.2 Å². The van der Waals surface area contributed by atoms with Gasteiger partial charge in [-0.25, -0.2) is 0 Å². The van der Waals surface area contributed by atoms with Crippen LogP contribution in [-0.4, -0.2) is 14.2 Å². The zero-order valence-electron chi connectivity index (χ0n) is 16.4. The molecule has 0 saturated heterocycles. The summed E-state index contributed by atoms with van der Waals surface area (Å²) in [5.74, 6) is -0.0598. The molecule has 3 N–H and O–H groups in total. The highest BCUT2D eigenvalue weighted by Gasteiger charge is 2.37. The Morgan fingerprint density at radius 1 is 1.12 bits per heavy atom. The van der Waals surface area contributed by atoms with Gasteiger partial charge in [0.25, 0.3) is 0 Å². The third kappa shape index (κ3) is 5.44. The van der Waals surface area contributed by atoms with Crippen LogP contribution < -0.4 is 11.1 Å². The van der Waals surface area contributed by atoms with Gasteiger partial charge in [0, 0.05) is 16.9 Å². The second-order valence-electron chi connectivity index (χ2n) is 8.18. The first-order valence-corrected chi connectivity index (χ1v) is 11.9. The Morgan fingerprint density at radius 3 is 2.38 bits per heavy atom. The van der Waals surface area contributed by atoms with Gasteiger partial charge in [-0.3, -0.25) is 4.79 Å². The topological polar surface area (TPSA) is 64.3 Å². The predicted molar refractivity (Wildman–Crippen MR) is 112 cm³/mol. The van der Waals surface area contributed by atoms with Crippen LogP contribution in [0.3, 0.4) is 0 Å². The third-order valence-corrected chi connectivity index (χ3v) is 9.49. The summed E-state index contributed by atoms with van der Waals surface area (Å²) in [5.41, 5.74) is 9.20. The molecule has 0 spiro atoms. The summed E-state index contributed by atoms with van der Waals surface area (Å²) >= 11 is 0. The largest absolute Gasteiger partial charge is 0.412 e. The van der Waals surface area contributed by atoms with Crippen LogP contribution in [-0.2, 0) is 22.2 Å². The van der Waals surface area contributed by atoms with Crippen LogP contribution in [0.2, 0.25) is 18.1 Å². The van der Waals surface area contributed by atoms with Crippen LogP contribution in [0, 0.1) is 0 Å². The summed E-state index contributed by atoms with van der Waals surface area (Å²) in [7, 11) is -1.87. The number of nitrogens with two attached hydrogens (primary N) is 1. The number of anilines is 2. The van der Waals surface area contributed by atoms with E-state index in [0.29, 0.717) is 18.7 Å². The van der Waals surface area contributed by atoms with E-state index >= 15 is 0 Å². The molecule has 0 atom stereocenters. The number of nitrogen functional groups attached to an aromatic ring is 1. The van der Waals surface area contributed by atoms with Gasteiger partial charge in [0.1, 0.15) is 0 Å². The number of benzene rings is 2. The van der Waals surface area contributed by atoms with Crippen molar-refractivity contribution in [2.24, 2.45) is 0 Å². The highest BCUT2D eigenvalue weighted by Crippen LogP contribution is 2.37. The fraction of sp³-hybridized carbons (Fsp3) is 0.381. The fourth-order valence-corrected chi connectivity index (χ4v) is 3.24. The summed E-state index contributed by atoms with van der Waals surface area (Å²) in [6.45, 7) is 11.5. The minimum absolute atomic E-state index is 0.0598. The molecule has 0 aliphatic carbocycles. The van der Waals surface area contributed by atoms with Gasteiger partial charge in [-0.15, -0.1) is 0 Å². The van der Waals surface area contributed by atoms with Crippen molar-refractivity contribution in [3.05, 3.63) is 59.7 Å². The third-order valence-electron chi connectivity index (χ3n) is 5.01. The molecule has 5 heteroatoms. The van der Waals surface area contributed by atoms with Gasteiger partial charge in [-0.1, -0.05) is 57.2 Å². The van der Waals surface area contributed by atoms with Crippen molar-refractivity contribution >= 4 is 25.6 Å². The zero-order chi connectivity index (χ0) is 19.4. The molecule has 0 aliphatic rings. The average Bonchev–Trinajstić information content (AvgIpc) is 2.54. The lowest BCUT2D eigenvalue weighted by molar-refractivity contribution is -0.115. The molecule has 2 aromatic rings. The van der Waals surface area contributed by atoms with E-state index in [1.165, 1.54) is 0 Å². The molecule has 0 radical (unpaired) electrons. The van der Waals surface area contributed by atoms with Crippen molar-refractivity contribution in [3.8, 4) is 0 Å². The maximum atomic E-state index is 12.4. The highest BCUT2D eigenvalue weighted by molar-refractivity contribution is 6.74. The highest BCUT2D eigenvalue weighted by atomic mass is 28.4. The van der Waals surface area contributed by atoms with Gasteiger partial charge in [0.15, 0.2) is 8.32 Å². The molecule has 140 valence electrons. The normalized spacial score (nSPS) is 12.0. The lowest BCUT2D eigenvalue weighted by atomic mass is 10.1. The monoisotopic (exact) mass is 370 g/mol. The molecule has 26 heavy (non-hydrogen) atoms. The van der Waals surface area contributed by atoms with Gasteiger partial charge >= 0.3 is 0 Å². The number of carbonyl (C=O) groups excluding carboxylic acids is 1. The fourth-order valence-electron chi connectivity index (χ4n) is 2.29. The second-order valence-corrected chi connectivity index (χ2v) is 13.0. The molecule has 0 bridgehead atoms.